The van der Waals surface area contributed by atoms with Gasteiger partial charge < -0.3 is 4.74 Å². The molecule has 1 rings (SSSR count). The molecule has 2 nitrogen and oxygen atoms in total. The van der Waals surface area contributed by atoms with Crippen molar-refractivity contribution in [1.29, 1.82) is 0 Å². The molecule has 1 aromatic rings. The van der Waals surface area contributed by atoms with Gasteiger partial charge in [0.1, 0.15) is 0 Å². The average Bonchev–Trinajstić information content (AvgIpc) is 2.07. The van der Waals surface area contributed by atoms with Crippen molar-refractivity contribution in [2.24, 2.45) is 5.92 Å². The smallest absolute Gasteiger partial charge is 0.213 e. The van der Waals surface area contributed by atoms with E-state index in [4.69, 9.17) is 16.3 Å². The molecule has 1 heterocycles. The number of halogens is 1. The van der Waals surface area contributed by atoms with E-state index in [1.165, 1.54) is 0 Å². The van der Waals surface area contributed by atoms with Gasteiger partial charge in [-0.1, -0.05) is 25.4 Å². The SMILES string of the molecule is CC(C)CC(C)Oc1ccc(Cl)cn1. The molecule has 0 amide bonds. The van der Waals surface area contributed by atoms with Gasteiger partial charge in [0.25, 0.3) is 0 Å². The maximum absolute atomic E-state index is 5.71. The Morgan fingerprint density at radius 1 is 1.36 bits per heavy atom. The lowest BCUT2D eigenvalue weighted by molar-refractivity contribution is 0.185. The first-order chi connectivity index (χ1) is 6.58. The van der Waals surface area contributed by atoms with Crippen molar-refractivity contribution in [1.82, 2.24) is 4.98 Å². The third-order valence-corrected chi connectivity index (χ3v) is 2.05. The van der Waals surface area contributed by atoms with Gasteiger partial charge in [-0.15, -0.1) is 0 Å². The lowest BCUT2D eigenvalue weighted by atomic mass is 10.1. The minimum atomic E-state index is 0.198. The third-order valence-electron chi connectivity index (χ3n) is 1.83. The van der Waals surface area contributed by atoms with Crippen molar-refractivity contribution in [3.05, 3.63) is 23.4 Å². The van der Waals surface area contributed by atoms with Crippen LogP contribution in [0.3, 0.4) is 0 Å². The normalized spacial score (nSPS) is 12.9. The zero-order valence-corrected chi connectivity index (χ0v) is 9.58. The predicted octanol–water partition coefficient (Wildman–Crippen LogP) is 3.55. The molecule has 0 radical (unpaired) electrons. The van der Waals surface area contributed by atoms with Crippen molar-refractivity contribution < 1.29 is 4.74 Å². The maximum Gasteiger partial charge on any atom is 0.213 e. The van der Waals surface area contributed by atoms with Crippen LogP contribution in [0.5, 0.6) is 5.88 Å². The van der Waals surface area contributed by atoms with Gasteiger partial charge in [-0.25, -0.2) is 4.98 Å². The molecule has 0 fully saturated rings. The van der Waals surface area contributed by atoms with E-state index in [1.807, 2.05) is 0 Å². The summed E-state index contributed by atoms with van der Waals surface area (Å²) >= 11 is 5.71. The summed E-state index contributed by atoms with van der Waals surface area (Å²) in [5, 5.41) is 0.633. The number of ether oxygens (including phenoxy) is 1. The van der Waals surface area contributed by atoms with Gasteiger partial charge >= 0.3 is 0 Å². The zero-order valence-electron chi connectivity index (χ0n) is 8.83. The van der Waals surface area contributed by atoms with Crippen molar-refractivity contribution in [2.45, 2.75) is 33.3 Å². The second kappa shape index (κ2) is 5.20. The van der Waals surface area contributed by atoms with Crippen LogP contribution in [-0.4, -0.2) is 11.1 Å². The fourth-order valence-electron chi connectivity index (χ4n) is 1.35. The van der Waals surface area contributed by atoms with E-state index < -0.39 is 0 Å². The molecule has 3 heteroatoms. The molecule has 0 bridgehead atoms. The lowest BCUT2D eigenvalue weighted by Crippen LogP contribution is -2.14. The molecule has 0 spiro atoms. The number of nitrogens with zero attached hydrogens (tertiary/aromatic N) is 1. The Hall–Kier alpha value is -0.760. The maximum atomic E-state index is 5.71. The van der Waals surface area contributed by atoms with E-state index in [0.717, 1.165) is 6.42 Å². The Bertz CT molecular complexity index is 271. The van der Waals surface area contributed by atoms with Crippen LogP contribution in [0.2, 0.25) is 5.02 Å². The highest BCUT2D eigenvalue weighted by atomic mass is 35.5. The van der Waals surface area contributed by atoms with E-state index in [0.29, 0.717) is 16.8 Å². The van der Waals surface area contributed by atoms with Gasteiger partial charge in [0.15, 0.2) is 0 Å². The first-order valence-corrected chi connectivity index (χ1v) is 5.24. The lowest BCUT2D eigenvalue weighted by Gasteiger charge is -2.15. The van der Waals surface area contributed by atoms with Crippen LogP contribution in [0.1, 0.15) is 27.2 Å². The van der Waals surface area contributed by atoms with E-state index >= 15 is 0 Å². The summed E-state index contributed by atoms with van der Waals surface area (Å²) in [5.41, 5.74) is 0. The van der Waals surface area contributed by atoms with Crippen molar-refractivity contribution in [3.63, 3.8) is 0 Å². The fourth-order valence-corrected chi connectivity index (χ4v) is 1.46. The third kappa shape index (κ3) is 3.97. The quantitative estimate of drug-likeness (QED) is 0.763. The van der Waals surface area contributed by atoms with E-state index in [9.17, 15) is 0 Å². The summed E-state index contributed by atoms with van der Waals surface area (Å²) in [5.74, 6) is 1.28. The average molecular weight is 214 g/mol. The molecule has 0 aromatic carbocycles. The van der Waals surface area contributed by atoms with Crippen molar-refractivity contribution in [3.8, 4) is 5.88 Å². The topological polar surface area (TPSA) is 22.1 Å². The van der Waals surface area contributed by atoms with Crippen LogP contribution < -0.4 is 4.74 Å². The van der Waals surface area contributed by atoms with Gasteiger partial charge in [-0.2, -0.15) is 0 Å². The molecule has 0 saturated heterocycles. The molecular weight excluding hydrogens is 198 g/mol. The van der Waals surface area contributed by atoms with Crippen LogP contribution in [-0.2, 0) is 0 Å². The van der Waals surface area contributed by atoms with Crippen LogP contribution in [0.25, 0.3) is 0 Å². The second-order valence-corrected chi connectivity index (χ2v) is 4.31. The van der Waals surface area contributed by atoms with E-state index in [-0.39, 0.29) is 6.10 Å². The largest absolute Gasteiger partial charge is 0.475 e. The van der Waals surface area contributed by atoms with E-state index in [1.54, 1.807) is 18.3 Å². The fraction of sp³-hybridized carbons (Fsp3) is 0.545. The number of rotatable bonds is 4. The molecule has 1 atom stereocenters. The summed E-state index contributed by atoms with van der Waals surface area (Å²) in [6.07, 6.45) is 2.83. The highest BCUT2D eigenvalue weighted by molar-refractivity contribution is 6.30. The number of pyridine rings is 1. The first-order valence-electron chi connectivity index (χ1n) is 4.86. The Balaban J connectivity index is 2.47. The molecule has 0 N–H and O–H groups in total. The monoisotopic (exact) mass is 213 g/mol. The van der Waals surface area contributed by atoms with Crippen molar-refractivity contribution in [2.75, 3.05) is 0 Å². The first kappa shape index (κ1) is 11.3. The molecule has 0 aliphatic carbocycles. The molecule has 0 saturated carbocycles. The van der Waals surface area contributed by atoms with Crippen LogP contribution in [0.4, 0.5) is 0 Å². The zero-order chi connectivity index (χ0) is 10.6. The van der Waals surface area contributed by atoms with Gasteiger partial charge in [0.2, 0.25) is 5.88 Å². The Kier molecular flexibility index (Phi) is 4.21. The molecule has 1 unspecified atom stereocenters. The highest BCUT2D eigenvalue weighted by Crippen LogP contribution is 2.15. The summed E-state index contributed by atoms with van der Waals surface area (Å²) in [6, 6.07) is 3.57. The minimum absolute atomic E-state index is 0.198. The Morgan fingerprint density at radius 2 is 2.07 bits per heavy atom. The molecular formula is C11H16ClNO. The summed E-state index contributed by atoms with van der Waals surface area (Å²) < 4.78 is 5.61. The van der Waals surface area contributed by atoms with Crippen molar-refractivity contribution >= 4 is 11.6 Å². The Labute approximate surface area is 90.3 Å². The van der Waals surface area contributed by atoms with Crippen LogP contribution >= 0.6 is 11.6 Å². The molecule has 78 valence electrons. The molecule has 14 heavy (non-hydrogen) atoms. The van der Waals surface area contributed by atoms with Gasteiger partial charge in [-0.05, 0) is 25.3 Å². The van der Waals surface area contributed by atoms with Crippen LogP contribution in [0, 0.1) is 5.92 Å². The standard InChI is InChI=1S/C11H16ClNO/c1-8(2)6-9(3)14-11-5-4-10(12)7-13-11/h4-5,7-9H,6H2,1-3H3. The molecule has 1 aromatic heterocycles. The number of hydrogen-bond donors (Lipinski definition) is 0. The molecule has 0 aliphatic heterocycles. The summed E-state index contributed by atoms with van der Waals surface area (Å²) in [7, 11) is 0. The van der Waals surface area contributed by atoms with Gasteiger partial charge in [0, 0.05) is 12.3 Å². The van der Waals surface area contributed by atoms with Crippen LogP contribution in [0.15, 0.2) is 18.3 Å². The minimum Gasteiger partial charge on any atom is -0.475 e. The van der Waals surface area contributed by atoms with Gasteiger partial charge in [0.05, 0.1) is 11.1 Å². The number of hydrogen-bond acceptors (Lipinski definition) is 2. The Morgan fingerprint density at radius 3 is 2.57 bits per heavy atom. The summed E-state index contributed by atoms with van der Waals surface area (Å²) in [4.78, 5) is 4.07. The highest BCUT2D eigenvalue weighted by Gasteiger charge is 2.06. The van der Waals surface area contributed by atoms with E-state index in [2.05, 4.69) is 25.8 Å². The predicted molar refractivity (Wildman–Crippen MR) is 58.8 cm³/mol. The second-order valence-electron chi connectivity index (χ2n) is 3.87. The number of aromatic nitrogens is 1. The molecule has 0 aliphatic rings. The van der Waals surface area contributed by atoms with Gasteiger partial charge in [-0.3, -0.25) is 0 Å². The summed E-state index contributed by atoms with van der Waals surface area (Å²) in [6.45, 7) is 6.40.